The minimum Gasteiger partial charge on any atom is -0.493 e. The molecule has 0 heterocycles. The van der Waals surface area contributed by atoms with Gasteiger partial charge in [-0.3, -0.25) is 0 Å². The standard InChI is InChI=1S/C13H20O2/c1-11(2)10-15-13-7-3-5-12(9-13)6-4-8-14/h3,5,7,9,11,14H,4,6,8,10H2,1-2H3. The summed E-state index contributed by atoms with van der Waals surface area (Å²) in [4.78, 5) is 0. The summed E-state index contributed by atoms with van der Waals surface area (Å²) in [6, 6.07) is 8.10. The highest BCUT2D eigenvalue weighted by atomic mass is 16.5. The molecule has 0 fully saturated rings. The summed E-state index contributed by atoms with van der Waals surface area (Å²) in [7, 11) is 0. The lowest BCUT2D eigenvalue weighted by atomic mass is 10.1. The van der Waals surface area contributed by atoms with Crippen LogP contribution >= 0.6 is 0 Å². The molecule has 0 aliphatic carbocycles. The number of benzene rings is 1. The highest BCUT2D eigenvalue weighted by Crippen LogP contribution is 2.15. The smallest absolute Gasteiger partial charge is 0.119 e. The molecule has 84 valence electrons. The molecular formula is C13H20O2. The molecule has 0 radical (unpaired) electrons. The lowest BCUT2D eigenvalue weighted by Gasteiger charge is -2.09. The first-order chi connectivity index (χ1) is 7.22. The van der Waals surface area contributed by atoms with Crippen molar-refractivity contribution in [3.63, 3.8) is 0 Å². The van der Waals surface area contributed by atoms with Crippen LogP contribution in [-0.2, 0) is 6.42 Å². The molecular weight excluding hydrogens is 188 g/mol. The van der Waals surface area contributed by atoms with Crippen LogP contribution < -0.4 is 4.74 Å². The summed E-state index contributed by atoms with van der Waals surface area (Å²) in [5, 5.41) is 8.74. The Morgan fingerprint density at radius 1 is 1.33 bits per heavy atom. The zero-order valence-electron chi connectivity index (χ0n) is 9.57. The topological polar surface area (TPSA) is 29.5 Å². The quantitative estimate of drug-likeness (QED) is 0.778. The zero-order valence-corrected chi connectivity index (χ0v) is 9.57. The summed E-state index contributed by atoms with van der Waals surface area (Å²) < 4.78 is 5.63. The van der Waals surface area contributed by atoms with E-state index in [9.17, 15) is 0 Å². The van der Waals surface area contributed by atoms with Crippen molar-refractivity contribution in [3.8, 4) is 5.75 Å². The minimum absolute atomic E-state index is 0.247. The molecule has 0 aliphatic heterocycles. The van der Waals surface area contributed by atoms with E-state index in [1.54, 1.807) is 0 Å². The molecule has 1 aromatic carbocycles. The van der Waals surface area contributed by atoms with Crippen LogP contribution in [0.1, 0.15) is 25.8 Å². The molecule has 2 nitrogen and oxygen atoms in total. The second-order valence-electron chi connectivity index (χ2n) is 4.18. The Morgan fingerprint density at radius 2 is 2.13 bits per heavy atom. The lowest BCUT2D eigenvalue weighted by molar-refractivity contribution is 0.270. The number of rotatable bonds is 6. The average Bonchev–Trinajstić information content (AvgIpc) is 2.24. The summed E-state index contributed by atoms with van der Waals surface area (Å²) in [6.45, 7) is 5.27. The third-order valence-electron chi connectivity index (χ3n) is 2.11. The molecule has 1 N–H and O–H groups in total. The largest absolute Gasteiger partial charge is 0.493 e. The number of aliphatic hydroxyl groups excluding tert-OH is 1. The Bertz CT molecular complexity index is 282. The molecule has 0 saturated carbocycles. The molecule has 0 spiro atoms. The molecule has 0 atom stereocenters. The van der Waals surface area contributed by atoms with Crippen molar-refractivity contribution >= 4 is 0 Å². The SMILES string of the molecule is CC(C)COc1cccc(CCCO)c1. The van der Waals surface area contributed by atoms with Crippen molar-refractivity contribution in [2.75, 3.05) is 13.2 Å². The highest BCUT2D eigenvalue weighted by Gasteiger charge is 1.98. The number of ether oxygens (including phenoxy) is 1. The van der Waals surface area contributed by atoms with E-state index in [2.05, 4.69) is 26.0 Å². The number of aryl methyl sites for hydroxylation is 1. The van der Waals surface area contributed by atoms with Crippen molar-refractivity contribution in [1.29, 1.82) is 0 Å². The van der Waals surface area contributed by atoms with Crippen molar-refractivity contribution in [2.45, 2.75) is 26.7 Å². The Kier molecular flexibility index (Phi) is 5.19. The maximum Gasteiger partial charge on any atom is 0.119 e. The normalized spacial score (nSPS) is 10.7. The van der Waals surface area contributed by atoms with Gasteiger partial charge in [0.25, 0.3) is 0 Å². The van der Waals surface area contributed by atoms with Gasteiger partial charge in [-0.2, -0.15) is 0 Å². The fourth-order valence-electron chi connectivity index (χ4n) is 1.34. The predicted molar refractivity (Wildman–Crippen MR) is 62.2 cm³/mol. The molecule has 0 aromatic heterocycles. The van der Waals surface area contributed by atoms with E-state index in [0.29, 0.717) is 5.92 Å². The van der Waals surface area contributed by atoms with Crippen molar-refractivity contribution in [2.24, 2.45) is 5.92 Å². The molecule has 0 bridgehead atoms. The Hall–Kier alpha value is -1.02. The lowest BCUT2D eigenvalue weighted by Crippen LogP contribution is -2.04. The van der Waals surface area contributed by atoms with Crippen LogP contribution in [0, 0.1) is 5.92 Å². The second-order valence-corrected chi connectivity index (χ2v) is 4.18. The molecule has 0 amide bonds. The van der Waals surface area contributed by atoms with Crippen molar-refractivity contribution in [1.82, 2.24) is 0 Å². The van der Waals surface area contributed by atoms with Gasteiger partial charge in [0.1, 0.15) is 5.75 Å². The van der Waals surface area contributed by atoms with Gasteiger partial charge in [-0.25, -0.2) is 0 Å². The summed E-state index contributed by atoms with van der Waals surface area (Å²) in [6.07, 6.45) is 1.73. The van der Waals surface area contributed by atoms with Gasteiger partial charge in [0.05, 0.1) is 6.61 Å². The van der Waals surface area contributed by atoms with Gasteiger partial charge < -0.3 is 9.84 Å². The third-order valence-corrected chi connectivity index (χ3v) is 2.11. The number of hydrogen-bond acceptors (Lipinski definition) is 2. The van der Waals surface area contributed by atoms with E-state index in [1.807, 2.05) is 12.1 Å². The maximum absolute atomic E-state index is 8.74. The number of aliphatic hydroxyl groups is 1. The van der Waals surface area contributed by atoms with Crippen molar-refractivity contribution < 1.29 is 9.84 Å². The predicted octanol–water partition coefficient (Wildman–Crippen LogP) is 2.65. The van der Waals surface area contributed by atoms with Crippen LogP contribution in [-0.4, -0.2) is 18.3 Å². The molecule has 15 heavy (non-hydrogen) atoms. The fraction of sp³-hybridized carbons (Fsp3) is 0.538. The van der Waals surface area contributed by atoms with E-state index in [4.69, 9.17) is 9.84 Å². The highest BCUT2D eigenvalue weighted by molar-refractivity contribution is 5.28. The van der Waals surface area contributed by atoms with Crippen LogP contribution in [0.4, 0.5) is 0 Å². The van der Waals surface area contributed by atoms with Gasteiger partial charge in [0.2, 0.25) is 0 Å². The average molecular weight is 208 g/mol. The Labute approximate surface area is 91.9 Å². The summed E-state index contributed by atoms with van der Waals surface area (Å²) in [5.74, 6) is 1.48. The second kappa shape index (κ2) is 6.46. The third kappa shape index (κ3) is 4.84. The van der Waals surface area contributed by atoms with Gasteiger partial charge in [-0.1, -0.05) is 26.0 Å². The first kappa shape index (κ1) is 12.1. The van der Waals surface area contributed by atoms with E-state index in [1.165, 1.54) is 5.56 Å². The van der Waals surface area contributed by atoms with Crippen LogP contribution in [0.3, 0.4) is 0 Å². The summed E-state index contributed by atoms with van der Waals surface area (Å²) in [5.41, 5.74) is 1.23. The van der Waals surface area contributed by atoms with Crippen molar-refractivity contribution in [3.05, 3.63) is 29.8 Å². The summed E-state index contributed by atoms with van der Waals surface area (Å²) >= 11 is 0. The molecule has 2 heteroatoms. The first-order valence-corrected chi connectivity index (χ1v) is 5.55. The molecule has 1 rings (SSSR count). The van der Waals surface area contributed by atoms with E-state index in [0.717, 1.165) is 25.2 Å². The van der Waals surface area contributed by atoms with Crippen LogP contribution in [0.15, 0.2) is 24.3 Å². The van der Waals surface area contributed by atoms with Crippen LogP contribution in [0.5, 0.6) is 5.75 Å². The Morgan fingerprint density at radius 3 is 2.80 bits per heavy atom. The molecule has 0 saturated heterocycles. The van der Waals surface area contributed by atoms with Gasteiger partial charge in [0.15, 0.2) is 0 Å². The van der Waals surface area contributed by atoms with Crippen LogP contribution in [0.2, 0.25) is 0 Å². The Balaban J connectivity index is 2.50. The van der Waals surface area contributed by atoms with Gasteiger partial charge in [0, 0.05) is 6.61 Å². The van der Waals surface area contributed by atoms with E-state index in [-0.39, 0.29) is 6.61 Å². The fourth-order valence-corrected chi connectivity index (χ4v) is 1.34. The van der Waals surface area contributed by atoms with Gasteiger partial charge in [-0.05, 0) is 36.5 Å². The van der Waals surface area contributed by atoms with Gasteiger partial charge in [-0.15, -0.1) is 0 Å². The molecule has 0 aliphatic rings. The van der Waals surface area contributed by atoms with Crippen LogP contribution in [0.25, 0.3) is 0 Å². The minimum atomic E-state index is 0.247. The molecule has 1 aromatic rings. The number of hydrogen-bond donors (Lipinski definition) is 1. The first-order valence-electron chi connectivity index (χ1n) is 5.55. The monoisotopic (exact) mass is 208 g/mol. The molecule has 0 unspecified atom stereocenters. The van der Waals surface area contributed by atoms with Gasteiger partial charge >= 0.3 is 0 Å². The zero-order chi connectivity index (χ0) is 11.1. The van der Waals surface area contributed by atoms with E-state index < -0.39 is 0 Å². The van der Waals surface area contributed by atoms with E-state index >= 15 is 0 Å². The maximum atomic E-state index is 8.74.